The van der Waals surface area contributed by atoms with Crippen LogP contribution in [0, 0.1) is 5.92 Å². The molecule has 3 unspecified atom stereocenters. The second kappa shape index (κ2) is 9.64. The Balaban J connectivity index is 1.63. The van der Waals surface area contributed by atoms with Crippen LogP contribution >= 0.6 is 23.2 Å². The van der Waals surface area contributed by atoms with Gasteiger partial charge in [-0.05, 0) is 38.0 Å². The lowest BCUT2D eigenvalue weighted by Gasteiger charge is -2.39. The molecule has 1 amide bonds. The summed E-state index contributed by atoms with van der Waals surface area (Å²) >= 11 is 12.2. The summed E-state index contributed by atoms with van der Waals surface area (Å²) in [7, 11) is 0. The summed E-state index contributed by atoms with van der Waals surface area (Å²) < 4.78 is 0. The van der Waals surface area contributed by atoms with Gasteiger partial charge in [-0.15, -0.1) is 0 Å². The normalized spacial score (nSPS) is 25.3. The first-order valence-electron chi connectivity index (χ1n) is 10.2. The van der Waals surface area contributed by atoms with Gasteiger partial charge in [-0.25, -0.2) is 0 Å². The average Bonchev–Trinajstić information content (AvgIpc) is 3.11. The molecule has 3 atom stereocenters. The summed E-state index contributed by atoms with van der Waals surface area (Å²) in [4.78, 5) is 40.3. The lowest BCUT2D eigenvalue weighted by Crippen LogP contribution is -2.55. The molecule has 2 N–H and O–H groups in total. The monoisotopic (exact) mass is 454 g/mol. The Morgan fingerprint density at radius 3 is 2.40 bits per heavy atom. The Bertz CT molecular complexity index is 793. The molecule has 1 aromatic carbocycles. The van der Waals surface area contributed by atoms with Crippen molar-refractivity contribution < 1.29 is 14.4 Å². The molecule has 9 heteroatoms. The molecular weight excluding hydrogens is 427 g/mol. The highest BCUT2D eigenvalue weighted by Gasteiger charge is 2.45. The smallest absolute Gasteiger partial charge is 0.225 e. The number of benzene rings is 1. The van der Waals surface area contributed by atoms with Gasteiger partial charge in [0.2, 0.25) is 11.7 Å². The molecule has 7 nitrogen and oxygen atoms in total. The van der Waals surface area contributed by atoms with Crippen LogP contribution in [0.4, 0.5) is 5.69 Å². The summed E-state index contributed by atoms with van der Waals surface area (Å²) in [5, 5.41) is 7.48. The van der Waals surface area contributed by atoms with Gasteiger partial charge in [0.05, 0.1) is 6.04 Å². The Kier molecular flexibility index (Phi) is 7.39. The largest absolute Gasteiger partial charge is 0.368 e. The number of carbonyl (C=O) groups excluding carboxylic acids is 3. The van der Waals surface area contributed by atoms with Crippen molar-refractivity contribution >= 4 is 46.9 Å². The first kappa shape index (κ1) is 23.0. The van der Waals surface area contributed by atoms with Crippen LogP contribution in [0.5, 0.6) is 0 Å². The minimum absolute atomic E-state index is 0.0912. The number of hydrogen-bond donors (Lipinski definition) is 2. The zero-order valence-electron chi connectivity index (χ0n) is 17.3. The van der Waals surface area contributed by atoms with E-state index in [0.29, 0.717) is 62.0 Å². The molecule has 30 heavy (non-hydrogen) atoms. The van der Waals surface area contributed by atoms with Gasteiger partial charge in [0.25, 0.3) is 0 Å². The molecule has 2 heterocycles. The third-order valence-electron chi connectivity index (χ3n) is 6.15. The van der Waals surface area contributed by atoms with E-state index in [2.05, 4.69) is 15.5 Å². The zero-order chi connectivity index (χ0) is 21.9. The quantitative estimate of drug-likeness (QED) is 0.484. The van der Waals surface area contributed by atoms with Crippen molar-refractivity contribution in [2.75, 3.05) is 37.7 Å². The van der Waals surface area contributed by atoms with Crippen molar-refractivity contribution in [3.63, 3.8) is 0 Å². The summed E-state index contributed by atoms with van der Waals surface area (Å²) in [6.45, 7) is 6.93. The van der Waals surface area contributed by atoms with E-state index in [9.17, 15) is 14.4 Å². The number of anilines is 1. The fourth-order valence-corrected chi connectivity index (χ4v) is 4.95. The Hall–Kier alpha value is -1.67. The molecule has 2 fully saturated rings. The van der Waals surface area contributed by atoms with Gasteiger partial charge >= 0.3 is 0 Å². The molecule has 0 bridgehead atoms. The number of piperazine rings is 1. The molecule has 1 aromatic rings. The fraction of sp³-hybridized carbons (Fsp3) is 0.571. The van der Waals surface area contributed by atoms with Gasteiger partial charge in [-0.2, -0.15) is 0 Å². The van der Waals surface area contributed by atoms with Crippen LogP contribution < -0.4 is 15.5 Å². The van der Waals surface area contributed by atoms with Crippen LogP contribution in [0.25, 0.3) is 0 Å². The number of hydrogen-bond acceptors (Lipinski definition) is 6. The van der Waals surface area contributed by atoms with E-state index < -0.39 is 17.4 Å². The molecule has 3 rings (SSSR count). The second-order valence-corrected chi connectivity index (χ2v) is 9.05. The lowest BCUT2D eigenvalue weighted by atomic mass is 9.81. The number of halogens is 2. The zero-order valence-corrected chi connectivity index (χ0v) is 18.8. The predicted octanol–water partition coefficient (Wildman–Crippen LogP) is 2.10. The van der Waals surface area contributed by atoms with Crippen LogP contribution in [-0.2, 0) is 14.4 Å². The van der Waals surface area contributed by atoms with Crippen LogP contribution in [0.15, 0.2) is 18.2 Å². The number of aldehydes is 1. The van der Waals surface area contributed by atoms with Gasteiger partial charge in [-0.1, -0.05) is 30.1 Å². The molecule has 0 spiro atoms. The molecular formula is C21H28Cl2N4O3. The Labute approximate surface area is 187 Å². The summed E-state index contributed by atoms with van der Waals surface area (Å²) in [5.74, 6) is -0.622. The van der Waals surface area contributed by atoms with Crippen molar-refractivity contribution in [3.05, 3.63) is 28.2 Å². The van der Waals surface area contributed by atoms with Gasteiger partial charge < -0.3 is 9.80 Å². The highest BCUT2D eigenvalue weighted by Crippen LogP contribution is 2.29. The molecule has 2 aliphatic rings. The minimum atomic E-state index is -0.631. The van der Waals surface area contributed by atoms with Crippen LogP contribution in [0.3, 0.4) is 0 Å². The van der Waals surface area contributed by atoms with E-state index in [1.807, 2.05) is 30.9 Å². The molecule has 0 aromatic heterocycles. The van der Waals surface area contributed by atoms with Crippen molar-refractivity contribution in [2.45, 2.75) is 38.3 Å². The number of rotatable bonds is 7. The average molecular weight is 455 g/mol. The summed E-state index contributed by atoms with van der Waals surface area (Å²) in [5.41, 5.74) is 0.323. The van der Waals surface area contributed by atoms with Crippen molar-refractivity contribution in [2.24, 2.45) is 5.92 Å². The highest BCUT2D eigenvalue weighted by molar-refractivity contribution is 6.35. The maximum atomic E-state index is 13.2. The molecule has 0 saturated carbocycles. The van der Waals surface area contributed by atoms with Gasteiger partial charge in [0.15, 0.2) is 6.29 Å². The standard InChI is InChI=1S/C21H28Cl2N4O3/c1-3-14(11-21(2)19(18(29)12-28)24-13-25-21)20(30)27-6-4-26(5-7-27)17-9-15(22)8-16(23)10-17/h8-10,12,14,19,24-25H,3-7,11,13H2,1-2H3. The number of carbonyl (C=O) groups is 3. The van der Waals surface area contributed by atoms with Crippen LogP contribution in [0.2, 0.25) is 10.0 Å². The molecule has 2 saturated heterocycles. The van der Waals surface area contributed by atoms with E-state index in [1.165, 1.54) is 0 Å². The summed E-state index contributed by atoms with van der Waals surface area (Å²) in [6.07, 6.45) is 1.51. The summed E-state index contributed by atoms with van der Waals surface area (Å²) in [6, 6.07) is 4.85. The number of ketones is 1. The van der Waals surface area contributed by atoms with E-state index >= 15 is 0 Å². The Morgan fingerprint density at radius 2 is 1.83 bits per heavy atom. The minimum Gasteiger partial charge on any atom is -0.368 e. The molecule has 2 aliphatic heterocycles. The fourth-order valence-electron chi connectivity index (χ4n) is 4.44. The predicted molar refractivity (Wildman–Crippen MR) is 118 cm³/mol. The van der Waals surface area contributed by atoms with Gasteiger partial charge in [0, 0.05) is 60.0 Å². The van der Waals surface area contributed by atoms with Crippen molar-refractivity contribution in [1.29, 1.82) is 0 Å². The Morgan fingerprint density at radius 1 is 1.20 bits per heavy atom. The maximum absolute atomic E-state index is 13.2. The van der Waals surface area contributed by atoms with Gasteiger partial charge in [-0.3, -0.25) is 25.0 Å². The van der Waals surface area contributed by atoms with Crippen LogP contribution in [-0.4, -0.2) is 67.3 Å². The van der Waals surface area contributed by atoms with Crippen molar-refractivity contribution in [3.8, 4) is 0 Å². The highest BCUT2D eigenvalue weighted by atomic mass is 35.5. The second-order valence-electron chi connectivity index (χ2n) is 8.18. The number of amides is 1. The number of Topliss-reactive ketones (excluding diaryl/α,β-unsaturated/α-hetero) is 1. The number of nitrogens with one attached hydrogen (secondary N) is 2. The van der Waals surface area contributed by atoms with Crippen LogP contribution in [0.1, 0.15) is 26.7 Å². The third-order valence-corrected chi connectivity index (χ3v) is 6.59. The maximum Gasteiger partial charge on any atom is 0.225 e. The molecule has 0 aliphatic carbocycles. The SMILES string of the molecule is CCC(CC1(C)NCNC1C(=O)C=O)C(=O)N1CCN(c2cc(Cl)cc(Cl)c2)CC1. The molecule has 164 valence electrons. The molecule has 0 radical (unpaired) electrons. The van der Waals surface area contributed by atoms with Crippen molar-refractivity contribution in [1.82, 2.24) is 15.5 Å². The third kappa shape index (κ3) is 4.97. The number of nitrogens with zero attached hydrogens (tertiary/aromatic N) is 2. The first-order valence-corrected chi connectivity index (χ1v) is 11.0. The lowest BCUT2D eigenvalue weighted by molar-refractivity contribution is -0.137. The topological polar surface area (TPSA) is 81.7 Å². The van der Waals surface area contributed by atoms with E-state index in [1.54, 1.807) is 6.07 Å². The van der Waals surface area contributed by atoms with E-state index in [4.69, 9.17) is 23.2 Å². The van der Waals surface area contributed by atoms with E-state index in [-0.39, 0.29) is 11.8 Å². The first-order chi connectivity index (χ1) is 14.3. The van der Waals surface area contributed by atoms with E-state index in [0.717, 1.165) is 5.69 Å². The van der Waals surface area contributed by atoms with Gasteiger partial charge in [0.1, 0.15) is 0 Å².